The third-order valence-electron chi connectivity index (χ3n) is 9.51. The summed E-state index contributed by atoms with van der Waals surface area (Å²) in [6.45, 7) is 8.58. The van der Waals surface area contributed by atoms with Crippen molar-refractivity contribution in [3.63, 3.8) is 0 Å². The molecule has 0 radical (unpaired) electrons. The van der Waals surface area contributed by atoms with E-state index in [-0.39, 0.29) is 66.0 Å². The molecule has 2 atom stereocenters. The smallest absolute Gasteiger partial charge is 0.423 e. The molecule has 2 aromatic carbocycles. The van der Waals surface area contributed by atoms with Crippen LogP contribution in [0.15, 0.2) is 12.1 Å². The number of benzene rings is 2. The van der Waals surface area contributed by atoms with Crippen LogP contribution in [0.5, 0.6) is 11.5 Å². The summed E-state index contributed by atoms with van der Waals surface area (Å²) in [5.74, 6) is -6.18. The molecular weight excluding hydrogens is 749 g/mol. The van der Waals surface area contributed by atoms with E-state index in [1.54, 1.807) is 0 Å². The minimum absolute atomic E-state index is 0.0586. The number of carbonyl (C=O) groups excluding carboxylic acids is 4. The van der Waals surface area contributed by atoms with Crippen molar-refractivity contribution in [3.05, 3.63) is 53.4 Å². The highest BCUT2D eigenvalue weighted by atomic mass is 35.5. The molecule has 0 spiro atoms. The van der Waals surface area contributed by atoms with Gasteiger partial charge in [0.25, 0.3) is 0 Å². The Balaban J connectivity index is 1.55. The van der Waals surface area contributed by atoms with E-state index >= 15 is 0 Å². The first-order valence-corrected chi connectivity index (χ1v) is 17.8. The van der Waals surface area contributed by atoms with Crippen LogP contribution in [0.3, 0.4) is 0 Å². The summed E-state index contributed by atoms with van der Waals surface area (Å²) in [6, 6.07) is 2.27. The minimum Gasteiger partial charge on any atom is -0.462 e. The van der Waals surface area contributed by atoms with E-state index in [0.29, 0.717) is 0 Å². The second-order valence-corrected chi connectivity index (χ2v) is 15.9. The second kappa shape index (κ2) is 15.9. The van der Waals surface area contributed by atoms with Gasteiger partial charge in [0.1, 0.15) is 11.1 Å². The van der Waals surface area contributed by atoms with Gasteiger partial charge in [0.05, 0.1) is 43.3 Å². The van der Waals surface area contributed by atoms with Crippen LogP contribution in [0, 0.1) is 22.7 Å². The Morgan fingerprint density at radius 2 is 0.958 bits per heavy atom. The molecule has 0 aromatic heterocycles. The standard InChI is InChI=1S/C34H36Cl6O8/c1-33(2)11-7-5-9-17(33)15-45-29(41)23-25(39)19(35)13-21(37)27(23)47-31(43)32(44)48-28-22(38)14-20(36)26(40)24(28)30(42)46-16-18-10-6-8-12-34(18,3)4/h13-14,17-18H,5-12,15-16H2,1-4H3. The fraction of sp³-hybridized carbons (Fsp3) is 0.529. The summed E-state index contributed by atoms with van der Waals surface area (Å²) in [6.07, 6.45) is 7.85. The van der Waals surface area contributed by atoms with Gasteiger partial charge in [0.15, 0.2) is 11.5 Å². The first-order valence-electron chi connectivity index (χ1n) is 15.6. The average Bonchev–Trinajstić information content (AvgIpc) is 3.00. The third-order valence-corrected chi connectivity index (χ3v) is 11.6. The van der Waals surface area contributed by atoms with E-state index in [1.807, 2.05) is 0 Å². The minimum atomic E-state index is -1.64. The van der Waals surface area contributed by atoms with Gasteiger partial charge in [-0.3, -0.25) is 0 Å². The van der Waals surface area contributed by atoms with E-state index in [9.17, 15) is 19.2 Å². The van der Waals surface area contributed by atoms with Crippen molar-refractivity contribution in [2.24, 2.45) is 22.7 Å². The number of hydrogen-bond acceptors (Lipinski definition) is 8. The SMILES string of the molecule is CC1(C)CCCCC1COC(=O)c1c(Cl)c(Cl)cc(Cl)c1OC(=O)C(=O)Oc1c(Cl)cc(Cl)c(Cl)c1C(=O)OCC1CCCCC1(C)C. The van der Waals surface area contributed by atoms with Crippen molar-refractivity contribution in [2.45, 2.75) is 79.1 Å². The van der Waals surface area contributed by atoms with Crippen LogP contribution in [0.2, 0.25) is 30.1 Å². The number of rotatable bonds is 8. The molecule has 0 amide bonds. The first-order chi connectivity index (χ1) is 22.4. The van der Waals surface area contributed by atoms with Crippen LogP contribution in [0.4, 0.5) is 0 Å². The molecule has 2 aliphatic carbocycles. The Kier molecular flexibility index (Phi) is 12.9. The molecule has 4 rings (SSSR count). The third kappa shape index (κ3) is 8.85. The molecule has 48 heavy (non-hydrogen) atoms. The Morgan fingerprint density at radius 1 is 0.604 bits per heavy atom. The molecule has 0 saturated heterocycles. The van der Waals surface area contributed by atoms with Crippen LogP contribution in [-0.4, -0.2) is 37.1 Å². The highest BCUT2D eigenvalue weighted by Gasteiger charge is 2.37. The zero-order valence-corrected chi connectivity index (χ0v) is 31.4. The summed E-state index contributed by atoms with van der Waals surface area (Å²) in [7, 11) is 0. The summed E-state index contributed by atoms with van der Waals surface area (Å²) >= 11 is 37.7. The average molecular weight is 785 g/mol. The number of carbonyl (C=O) groups is 4. The summed E-state index contributed by atoms with van der Waals surface area (Å²) in [5.41, 5.74) is -1.02. The lowest BCUT2D eigenvalue weighted by molar-refractivity contribution is -0.156. The summed E-state index contributed by atoms with van der Waals surface area (Å²) < 4.78 is 21.7. The lowest BCUT2D eigenvalue weighted by atomic mass is 9.69. The monoisotopic (exact) mass is 782 g/mol. The highest BCUT2D eigenvalue weighted by Crippen LogP contribution is 2.44. The van der Waals surface area contributed by atoms with Crippen molar-refractivity contribution in [2.75, 3.05) is 13.2 Å². The number of ether oxygens (including phenoxy) is 4. The topological polar surface area (TPSA) is 105 Å². The van der Waals surface area contributed by atoms with E-state index in [0.717, 1.165) is 63.5 Å². The quantitative estimate of drug-likeness (QED) is 0.113. The molecule has 0 aliphatic heterocycles. The van der Waals surface area contributed by atoms with Crippen molar-refractivity contribution in [3.8, 4) is 11.5 Å². The lowest BCUT2D eigenvalue weighted by Crippen LogP contribution is -2.32. The van der Waals surface area contributed by atoms with Crippen LogP contribution < -0.4 is 9.47 Å². The van der Waals surface area contributed by atoms with Gasteiger partial charge in [0, 0.05) is 0 Å². The molecule has 2 aromatic rings. The Labute approximate surface area is 309 Å². The first kappa shape index (κ1) is 38.9. The Hall–Kier alpha value is -1.94. The van der Waals surface area contributed by atoms with Gasteiger partial charge in [-0.15, -0.1) is 0 Å². The van der Waals surface area contributed by atoms with Crippen molar-refractivity contribution < 1.29 is 38.1 Å². The Bertz CT molecular complexity index is 1490. The van der Waals surface area contributed by atoms with Gasteiger partial charge in [-0.05, 0) is 60.5 Å². The molecule has 0 heterocycles. The molecule has 2 unspecified atom stereocenters. The van der Waals surface area contributed by atoms with Crippen molar-refractivity contribution >= 4 is 93.5 Å². The maximum Gasteiger partial charge on any atom is 0.423 e. The van der Waals surface area contributed by atoms with Gasteiger partial charge in [0.2, 0.25) is 0 Å². The van der Waals surface area contributed by atoms with Crippen molar-refractivity contribution in [1.82, 2.24) is 0 Å². The fourth-order valence-corrected chi connectivity index (χ4v) is 7.68. The second-order valence-electron chi connectivity index (χ2n) is 13.6. The molecule has 2 aliphatic rings. The number of esters is 4. The summed E-state index contributed by atoms with van der Waals surface area (Å²) in [4.78, 5) is 52.8. The van der Waals surface area contributed by atoms with Crippen molar-refractivity contribution in [1.29, 1.82) is 0 Å². The number of hydrogen-bond donors (Lipinski definition) is 0. The number of halogens is 6. The maximum absolute atomic E-state index is 13.3. The predicted octanol–water partition coefficient (Wildman–Crippen LogP) is 10.9. The molecule has 0 bridgehead atoms. The predicted molar refractivity (Wildman–Crippen MR) is 186 cm³/mol. The zero-order valence-electron chi connectivity index (χ0n) is 26.9. The van der Waals surface area contributed by atoms with E-state index in [2.05, 4.69) is 27.7 Å². The van der Waals surface area contributed by atoms with Crippen LogP contribution in [0.25, 0.3) is 0 Å². The van der Waals surface area contributed by atoms with Gasteiger partial charge < -0.3 is 18.9 Å². The Morgan fingerprint density at radius 3 is 1.29 bits per heavy atom. The molecule has 262 valence electrons. The molecule has 2 saturated carbocycles. The molecule has 2 fully saturated rings. The van der Waals surface area contributed by atoms with Gasteiger partial charge in [-0.2, -0.15) is 0 Å². The summed E-state index contributed by atoms with van der Waals surface area (Å²) in [5, 5.41) is -1.45. The molecule has 0 N–H and O–H groups in total. The highest BCUT2D eigenvalue weighted by molar-refractivity contribution is 6.47. The zero-order chi connectivity index (χ0) is 35.6. The van der Waals surface area contributed by atoms with E-state index in [4.69, 9.17) is 88.6 Å². The normalized spacial score (nSPS) is 20.0. The largest absolute Gasteiger partial charge is 0.462 e. The molecule has 14 heteroatoms. The van der Waals surface area contributed by atoms with Crippen LogP contribution in [0.1, 0.15) is 99.8 Å². The van der Waals surface area contributed by atoms with Gasteiger partial charge in [-0.1, -0.05) is 123 Å². The maximum atomic E-state index is 13.3. The van der Waals surface area contributed by atoms with Crippen LogP contribution in [-0.2, 0) is 19.1 Å². The van der Waals surface area contributed by atoms with E-state index < -0.39 is 46.5 Å². The fourth-order valence-electron chi connectivity index (χ4n) is 6.24. The van der Waals surface area contributed by atoms with Gasteiger partial charge >= 0.3 is 23.9 Å². The van der Waals surface area contributed by atoms with Gasteiger partial charge in [-0.25, -0.2) is 19.2 Å². The molecular formula is C34H36Cl6O8. The van der Waals surface area contributed by atoms with E-state index in [1.165, 1.54) is 0 Å². The van der Waals surface area contributed by atoms with Crippen LogP contribution >= 0.6 is 69.6 Å². The molecule has 8 nitrogen and oxygen atoms in total. The lowest BCUT2D eigenvalue weighted by Gasteiger charge is -2.38.